The average molecular weight is 273 g/mol. The zero-order chi connectivity index (χ0) is 14.4. The van der Waals surface area contributed by atoms with Crippen LogP contribution in [0.25, 0.3) is 0 Å². The van der Waals surface area contributed by atoms with Crippen molar-refractivity contribution in [3.05, 3.63) is 35.4 Å². The van der Waals surface area contributed by atoms with E-state index in [4.69, 9.17) is 0 Å². The number of hydrogen-bond donors (Lipinski definition) is 1. The van der Waals surface area contributed by atoms with Gasteiger partial charge in [-0.05, 0) is 42.3 Å². The van der Waals surface area contributed by atoms with E-state index in [2.05, 4.69) is 50.4 Å². The first kappa shape index (κ1) is 15.6. The highest BCUT2D eigenvalue weighted by atomic mass is 14.9. The van der Waals surface area contributed by atoms with Crippen LogP contribution in [0.5, 0.6) is 0 Å². The van der Waals surface area contributed by atoms with Gasteiger partial charge in [0.15, 0.2) is 0 Å². The van der Waals surface area contributed by atoms with Gasteiger partial charge in [0.2, 0.25) is 0 Å². The van der Waals surface area contributed by atoms with Gasteiger partial charge >= 0.3 is 0 Å². The Morgan fingerprint density at radius 2 is 1.95 bits per heavy atom. The van der Waals surface area contributed by atoms with Crippen LogP contribution < -0.4 is 5.32 Å². The molecular weight excluding hydrogens is 242 g/mol. The van der Waals surface area contributed by atoms with Crippen LogP contribution in [0.1, 0.15) is 70.0 Å². The minimum Gasteiger partial charge on any atom is -0.310 e. The van der Waals surface area contributed by atoms with E-state index in [-0.39, 0.29) is 0 Å². The molecular formula is C19H31N. The molecule has 1 N–H and O–H groups in total. The Kier molecular flexibility index (Phi) is 6.09. The van der Waals surface area contributed by atoms with Crippen LogP contribution >= 0.6 is 0 Å². The Balaban J connectivity index is 2.06. The van der Waals surface area contributed by atoms with Crippen LogP contribution in [0.15, 0.2) is 24.3 Å². The van der Waals surface area contributed by atoms with E-state index >= 15 is 0 Å². The smallest absolute Gasteiger partial charge is 0.0322 e. The molecule has 0 spiro atoms. The largest absolute Gasteiger partial charge is 0.310 e. The van der Waals surface area contributed by atoms with E-state index in [1.54, 1.807) is 0 Å². The molecule has 1 fully saturated rings. The summed E-state index contributed by atoms with van der Waals surface area (Å²) in [5, 5.41) is 3.71. The monoisotopic (exact) mass is 273 g/mol. The molecule has 1 unspecified atom stereocenters. The first-order chi connectivity index (χ1) is 9.69. The summed E-state index contributed by atoms with van der Waals surface area (Å²) in [4.78, 5) is 0. The molecule has 20 heavy (non-hydrogen) atoms. The molecule has 1 aromatic carbocycles. The Bertz CT molecular complexity index is 391. The zero-order valence-electron chi connectivity index (χ0n) is 13.5. The lowest BCUT2D eigenvalue weighted by molar-refractivity contribution is 0.400. The highest BCUT2D eigenvalue weighted by Crippen LogP contribution is 2.33. The fourth-order valence-corrected chi connectivity index (χ4v) is 3.57. The fourth-order valence-electron chi connectivity index (χ4n) is 3.57. The van der Waals surface area contributed by atoms with Gasteiger partial charge in [-0.3, -0.25) is 0 Å². The van der Waals surface area contributed by atoms with Gasteiger partial charge in [0.05, 0.1) is 0 Å². The predicted molar refractivity (Wildman–Crippen MR) is 88.0 cm³/mol. The number of benzene rings is 1. The second-order valence-electron chi connectivity index (χ2n) is 6.84. The lowest BCUT2D eigenvalue weighted by Crippen LogP contribution is -2.23. The summed E-state index contributed by atoms with van der Waals surface area (Å²) in [7, 11) is 0. The van der Waals surface area contributed by atoms with Crippen molar-refractivity contribution in [1.82, 2.24) is 5.32 Å². The van der Waals surface area contributed by atoms with E-state index in [1.807, 2.05) is 0 Å². The van der Waals surface area contributed by atoms with Crippen LogP contribution in [0.3, 0.4) is 0 Å². The molecule has 1 nitrogen and oxygen atoms in total. The summed E-state index contributed by atoms with van der Waals surface area (Å²) >= 11 is 0. The molecule has 0 aliphatic heterocycles. The van der Waals surface area contributed by atoms with Crippen molar-refractivity contribution >= 4 is 0 Å². The number of hydrogen-bond acceptors (Lipinski definition) is 1. The van der Waals surface area contributed by atoms with E-state index in [0.717, 1.165) is 18.4 Å². The Labute approximate surface area is 125 Å². The van der Waals surface area contributed by atoms with Gasteiger partial charge in [-0.15, -0.1) is 0 Å². The van der Waals surface area contributed by atoms with Crippen molar-refractivity contribution in [3.8, 4) is 0 Å². The van der Waals surface area contributed by atoms with Crippen LogP contribution in [-0.2, 0) is 6.42 Å². The van der Waals surface area contributed by atoms with E-state index < -0.39 is 0 Å². The van der Waals surface area contributed by atoms with Gasteiger partial charge in [-0.1, -0.05) is 70.7 Å². The van der Waals surface area contributed by atoms with Crippen molar-refractivity contribution in [1.29, 1.82) is 0 Å². The second-order valence-corrected chi connectivity index (χ2v) is 6.84. The predicted octanol–water partition coefficient (Wildman–Crippen LogP) is 5.12. The zero-order valence-corrected chi connectivity index (χ0v) is 13.5. The van der Waals surface area contributed by atoms with Gasteiger partial charge < -0.3 is 5.32 Å². The quantitative estimate of drug-likeness (QED) is 0.727. The molecule has 0 saturated heterocycles. The third-order valence-electron chi connectivity index (χ3n) is 4.49. The number of rotatable bonds is 7. The molecule has 0 radical (unpaired) electrons. The molecule has 0 bridgehead atoms. The third kappa shape index (κ3) is 4.63. The summed E-state index contributed by atoms with van der Waals surface area (Å²) in [5.74, 6) is 1.67. The van der Waals surface area contributed by atoms with Gasteiger partial charge in [0.1, 0.15) is 0 Å². The van der Waals surface area contributed by atoms with Gasteiger partial charge in [-0.2, -0.15) is 0 Å². The Morgan fingerprint density at radius 3 is 2.60 bits per heavy atom. The first-order valence-electron chi connectivity index (χ1n) is 8.51. The highest BCUT2D eigenvalue weighted by Gasteiger charge is 2.20. The molecule has 0 heterocycles. The minimum atomic E-state index is 0.551. The summed E-state index contributed by atoms with van der Waals surface area (Å²) in [6.45, 7) is 7.88. The first-order valence-corrected chi connectivity index (χ1v) is 8.51. The Morgan fingerprint density at radius 1 is 1.20 bits per heavy atom. The molecule has 1 saturated carbocycles. The van der Waals surface area contributed by atoms with Crippen LogP contribution in [0.4, 0.5) is 0 Å². The maximum absolute atomic E-state index is 3.71. The molecule has 112 valence electrons. The minimum absolute atomic E-state index is 0.551. The van der Waals surface area contributed by atoms with Gasteiger partial charge in [0.25, 0.3) is 0 Å². The Hall–Kier alpha value is -0.820. The normalized spacial score (nSPS) is 17.8. The topological polar surface area (TPSA) is 12.0 Å². The molecule has 1 heteroatoms. The lowest BCUT2D eigenvalue weighted by atomic mass is 9.91. The van der Waals surface area contributed by atoms with Crippen LogP contribution in [-0.4, -0.2) is 6.54 Å². The maximum Gasteiger partial charge on any atom is 0.0322 e. The molecule has 1 aliphatic carbocycles. The SMILES string of the molecule is CCNC(CC1CCCC1)c1cccc(CC(C)C)c1. The highest BCUT2D eigenvalue weighted by molar-refractivity contribution is 5.26. The van der Waals surface area contributed by atoms with Crippen LogP contribution in [0, 0.1) is 11.8 Å². The number of nitrogens with one attached hydrogen (secondary N) is 1. The summed E-state index contributed by atoms with van der Waals surface area (Å²) in [6.07, 6.45) is 8.27. The lowest BCUT2D eigenvalue weighted by Gasteiger charge is -2.22. The molecule has 1 aliphatic rings. The van der Waals surface area contributed by atoms with E-state index in [1.165, 1.54) is 49.7 Å². The third-order valence-corrected chi connectivity index (χ3v) is 4.49. The molecule has 1 atom stereocenters. The van der Waals surface area contributed by atoms with Gasteiger partial charge in [0, 0.05) is 6.04 Å². The van der Waals surface area contributed by atoms with Gasteiger partial charge in [-0.25, -0.2) is 0 Å². The summed E-state index contributed by atoms with van der Waals surface area (Å²) < 4.78 is 0. The molecule has 0 aromatic heterocycles. The second kappa shape index (κ2) is 7.83. The summed E-state index contributed by atoms with van der Waals surface area (Å²) in [6, 6.07) is 9.82. The maximum atomic E-state index is 3.71. The summed E-state index contributed by atoms with van der Waals surface area (Å²) in [5.41, 5.74) is 2.99. The standard InChI is InChI=1S/C19H31N/c1-4-20-19(14-16-8-5-6-9-16)18-11-7-10-17(13-18)12-15(2)3/h7,10-11,13,15-16,19-20H,4-6,8-9,12,14H2,1-3H3. The molecule has 0 amide bonds. The molecule has 1 aromatic rings. The fraction of sp³-hybridized carbons (Fsp3) is 0.684. The van der Waals surface area contributed by atoms with E-state index in [9.17, 15) is 0 Å². The average Bonchev–Trinajstić information content (AvgIpc) is 2.91. The molecule has 2 rings (SSSR count). The van der Waals surface area contributed by atoms with Crippen molar-refractivity contribution in [2.24, 2.45) is 11.8 Å². The van der Waals surface area contributed by atoms with E-state index in [0.29, 0.717) is 6.04 Å². The van der Waals surface area contributed by atoms with Crippen molar-refractivity contribution in [2.75, 3.05) is 6.54 Å². The van der Waals surface area contributed by atoms with Crippen molar-refractivity contribution in [2.45, 2.75) is 65.3 Å². The van der Waals surface area contributed by atoms with Crippen molar-refractivity contribution < 1.29 is 0 Å². The van der Waals surface area contributed by atoms with Crippen molar-refractivity contribution in [3.63, 3.8) is 0 Å². The van der Waals surface area contributed by atoms with Crippen LogP contribution in [0.2, 0.25) is 0 Å².